The first-order valence-corrected chi connectivity index (χ1v) is 9.80. The molecule has 0 aromatic heterocycles. The Bertz CT molecular complexity index is 1050. The molecule has 2 aliphatic heterocycles. The molecule has 0 radical (unpaired) electrons. The van der Waals surface area contributed by atoms with Crippen LogP contribution in [0.4, 0.5) is 18.9 Å². The Kier molecular flexibility index (Phi) is 5.20. The first-order chi connectivity index (χ1) is 14.6. The van der Waals surface area contributed by atoms with Crippen LogP contribution in [-0.4, -0.2) is 29.7 Å². The number of anilines is 1. The van der Waals surface area contributed by atoms with Gasteiger partial charge in [-0.25, -0.2) is 0 Å². The van der Waals surface area contributed by atoms with Gasteiger partial charge in [-0.2, -0.15) is 13.2 Å². The van der Waals surface area contributed by atoms with Gasteiger partial charge in [0.15, 0.2) is 0 Å². The van der Waals surface area contributed by atoms with Gasteiger partial charge in [-0.05, 0) is 41.8 Å². The molecule has 1 fully saturated rings. The first kappa shape index (κ1) is 20.9. The first-order valence-electron chi connectivity index (χ1n) is 9.80. The van der Waals surface area contributed by atoms with Crippen molar-refractivity contribution < 1.29 is 27.6 Å². The molecule has 2 aliphatic rings. The Hall–Kier alpha value is -3.36. The number of benzene rings is 2. The van der Waals surface area contributed by atoms with Crippen LogP contribution in [0.3, 0.4) is 0 Å². The number of likely N-dealkylation sites (tertiary alicyclic amines) is 1. The van der Waals surface area contributed by atoms with Crippen molar-refractivity contribution in [3.63, 3.8) is 0 Å². The minimum absolute atomic E-state index is 0.165. The van der Waals surface area contributed by atoms with E-state index in [0.717, 1.165) is 17.7 Å². The van der Waals surface area contributed by atoms with E-state index in [9.17, 15) is 27.6 Å². The number of hydrogen-bond acceptors (Lipinski definition) is 3. The van der Waals surface area contributed by atoms with Gasteiger partial charge in [0.2, 0.25) is 11.8 Å². The zero-order valence-electron chi connectivity index (χ0n) is 16.6. The number of nitrogens with one attached hydrogen (secondary N) is 2. The predicted molar refractivity (Wildman–Crippen MR) is 106 cm³/mol. The number of carbonyl (C=O) groups excluding carboxylic acids is 3. The lowest BCUT2D eigenvalue weighted by molar-refractivity contribution is -0.140. The van der Waals surface area contributed by atoms with Crippen molar-refractivity contribution in [1.29, 1.82) is 0 Å². The van der Waals surface area contributed by atoms with Crippen LogP contribution in [0.2, 0.25) is 0 Å². The summed E-state index contributed by atoms with van der Waals surface area (Å²) in [4.78, 5) is 38.6. The monoisotopic (exact) mass is 431 g/mol. The maximum Gasteiger partial charge on any atom is 0.416 e. The quantitative estimate of drug-likeness (QED) is 0.781. The highest BCUT2D eigenvalue weighted by Gasteiger charge is 2.39. The van der Waals surface area contributed by atoms with Crippen molar-refractivity contribution >= 4 is 23.4 Å². The van der Waals surface area contributed by atoms with Gasteiger partial charge in [0.05, 0.1) is 17.5 Å². The van der Waals surface area contributed by atoms with Crippen LogP contribution in [0.5, 0.6) is 0 Å². The lowest BCUT2D eigenvalue weighted by Gasteiger charge is -2.38. The molecule has 3 amide bonds. The fraction of sp³-hybridized carbons (Fsp3) is 0.318. The molecule has 31 heavy (non-hydrogen) atoms. The molecular formula is C22H20F3N3O3. The molecule has 2 aromatic carbocycles. The van der Waals surface area contributed by atoms with Crippen molar-refractivity contribution in [3.8, 4) is 0 Å². The molecular weight excluding hydrogens is 411 g/mol. The van der Waals surface area contributed by atoms with Gasteiger partial charge in [-0.1, -0.05) is 18.2 Å². The number of rotatable bonds is 3. The van der Waals surface area contributed by atoms with Crippen LogP contribution < -0.4 is 10.6 Å². The highest BCUT2D eigenvalue weighted by atomic mass is 19.4. The van der Waals surface area contributed by atoms with Crippen LogP contribution in [0, 0.1) is 5.92 Å². The third kappa shape index (κ3) is 3.99. The van der Waals surface area contributed by atoms with E-state index in [2.05, 4.69) is 10.6 Å². The second kappa shape index (κ2) is 7.72. The molecule has 6 nitrogen and oxygen atoms in total. The molecule has 1 saturated heterocycles. The summed E-state index contributed by atoms with van der Waals surface area (Å²) in [5.74, 6) is -1.40. The maximum atomic E-state index is 13.1. The molecule has 4 rings (SSSR count). The molecule has 2 atom stereocenters. The lowest BCUT2D eigenvalue weighted by Crippen LogP contribution is -2.44. The van der Waals surface area contributed by atoms with E-state index in [-0.39, 0.29) is 30.6 Å². The van der Waals surface area contributed by atoms with E-state index in [0.29, 0.717) is 23.4 Å². The van der Waals surface area contributed by atoms with Crippen molar-refractivity contribution in [2.45, 2.75) is 31.6 Å². The number of fused-ring (bicyclic) bond motifs is 1. The summed E-state index contributed by atoms with van der Waals surface area (Å²) in [6.45, 7) is 0.438. The zero-order chi connectivity index (χ0) is 22.3. The Morgan fingerprint density at radius 1 is 1.13 bits per heavy atom. The van der Waals surface area contributed by atoms with Crippen molar-refractivity contribution in [1.82, 2.24) is 10.2 Å². The smallest absolute Gasteiger partial charge is 0.348 e. The predicted octanol–water partition coefficient (Wildman–Crippen LogP) is 3.50. The van der Waals surface area contributed by atoms with E-state index in [4.69, 9.17) is 0 Å². The number of alkyl halides is 3. The second-order valence-electron chi connectivity index (χ2n) is 7.76. The average Bonchev–Trinajstić information content (AvgIpc) is 3.09. The van der Waals surface area contributed by atoms with Crippen LogP contribution >= 0.6 is 0 Å². The number of halogens is 3. The van der Waals surface area contributed by atoms with Crippen LogP contribution in [0.15, 0.2) is 42.5 Å². The van der Waals surface area contributed by atoms with Gasteiger partial charge < -0.3 is 15.5 Å². The summed E-state index contributed by atoms with van der Waals surface area (Å²) >= 11 is 0. The summed E-state index contributed by atoms with van der Waals surface area (Å²) in [7, 11) is 1.55. The lowest BCUT2D eigenvalue weighted by atomic mass is 9.83. The van der Waals surface area contributed by atoms with Gasteiger partial charge in [-0.3, -0.25) is 14.4 Å². The fourth-order valence-electron chi connectivity index (χ4n) is 4.16. The molecule has 0 saturated carbocycles. The number of carbonyl (C=O) groups is 3. The summed E-state index contributed by atoms with van der Waals surface area (Å²) in [6, 6.07) is 8.88. The standard InChI is InChI=1S/C22H20F3N3O3/c1-28-18(29)9-8-16(19(28)12-2-5-14(6-3-12)22(23,24)25)21(31)27-15-7-4-13-11-26-20(30)17(13)10-15/h2-7,10,16,19H,8-9,11H2,1H3,(H,26,30)(H,27,31). The molecule has 2 aromatic rings. The third-order valence-electron chi connectivity index (χ3n) is 5.84. The number of nitrogens with zero attached hydrogens (tertiary/aromatic N) is 1. The van der Waals surface area contributed by atoms with Crippen LogP contribution in [-0.2, 0) is 22.3 Å². The molecule has 9 heteroatoms. The van der Waals surface area contributed by atoms with Gasteiger partial charge in [0.25, 0.3) is 5.91 Å². The molecule has 0 bridgehead atoms. The SMILES string of the molecule is CN1C(=O)CCC(C(=O)Nc2ccc3c(c2)C(=O)NC3)C1c1ccc(C(F)(F)F)cc1. The van der Waals surface area contributed by atoms with Gasteiger partial charge in [0, 0.05) is 31.3 Å². The van der Waals surface area contributed by atoms with E-state index in [1.54, 1.807) is 25.2 Å². The minimum atomic E-state index is -4.47. The Morgan fingerprint density at radius 3 is 2.52 bits per heavy atom. The fourth-order valence-corrected chi connectivity index (χ4v) is 4.16. The zero-order valence-corrected chi connectivity index (χ0v) is 16.6. The molecule has 0 spiro atoms. The summed E-state index contributed by atoms with van der Waals surface area (Å²) in [5, 5.41) is 5.50. The number of hydrogen-bond donors (Lipinski definition) is 2. The van der Waals surface area contributed by atoms with Gasteiger partial charge >= 0.3 is 6.18 Å². The molecule has 0 aliphatic carbocycles. The highest BCUT2D eigenvalue weighted by Crippen LogP contribution is 2.38. The van der Waals surface area contributed by atoms with E-state index in [1.807, 2.05) is 0 Å². The van der Waals surface area contributed by atoms with E-state index in [1.165, 1.54) is 17.0 Å². The maximum absolute atomic E-state index is 13.1. The van der Waals surface area contributed by atoms with Crippen molar-refractivity contribution in [3.05, 3.63) is 64.7 Å². The molecule has 2 N–H and O–H groups in total. The Morgan fingerprint density at radius 2 is 1.84 bits per heavy atom. The molecule has 2 unspecified atom stereocenters. The largest absolute Gasteiger partial charge is 0.416 e. The van der Waals surface area contributed by atoms with Gasteiger partial charge in [-0.15, -0.1) is 0 Å². The third-order valence-corrected chi connectivity index (χ3v) is 5.84. The van der Waals surface area contributed by atoms with Crippen molar-refractivity contribution in [2.24, 2.45) is 5.92 Å². The summed E-state index contributed by atoms with van der Waals surface area (Å²) in [5.41, 5.74) is 1.45. The van der Waals surface area contributed by atoms with Gasteiger partial charge in [0.1, 0.15) is 0 Å². The Labute approximate surface area is 176 Å². The van der Waals surface area contributed by atoms with Crippen LogP contribution in [0.1, 0.15) is 45.9 Å². The van der Waals surface area contributed by atoms with E-state index < -0.39 is 23.7 Å². The minimum Gasteiger partial charge on any atom is -0.348 e. The number of amides is 3. The highest BCUT2D eigenvalue weighted by molar-refractivity contribution is 6.01. The number of piperidine rings is 1. The second-order valence-corrected chi connectivity index (χ2v) is 7.76. The Balaban J connectivity index is 1.59. The van der Waals surface area contributed by atoms with Crippen molar-refractivity contribution in [2.75, 3.05) is 12.4 Å². The topological polar surface area (TPSA) is 78.5 Å². The normalized spacial score (nSPS) is 21.0. The molecule has 162 valence electrons. The van der Waals surface area contributed by atoms with Crippen LogP contribution in [0.25, 0.3) is 0 Å². The van der Waals surface area contributed by atoms with E-state index >= 15 is 0 Å². The summed E-state index contributed by atoms with van der Waals surface area (Å²) < 4.78 is 38.7. The summed E-state index contributed by atoms with van der Waals surface area (Å²) in [6.07, 6.45) is -4.03. The molecule has 2 heterocycles. The average molecular weight is 431 g/mol.